The van der Waals surface area contributed by atoms with Gasteiger partial charge < -0.3 is 5.32 Å². The molecule has 1 aliphatic rings. The summed E-state index contributed by atoms with van der Waals surface area (Å²) in [6.45, 7) is 5.31. The van der Waals surface area contributed by atoms with Crippen molar-refractivity contribution in [1.82, 2.24) is 10.2 Å². The second kappa shape index (κ2) is 8.78. The summed E-state index contributed by atoms with van der Waals surface area (Å²) < 4.78 is 13.1. The van der Waals surface area contributed by atoms with Crippen LogP contribution in [0.25, 0.3) is 0 Å². The monoisotopic (exact) mass is 363 g/mol. The van der Waals surface area contributed by atoms with E-state index in [-0.39, 0.29) is 18.5 Å². The van der Waals surface area contributed by atoms with Gasteiger partial charge in [-0.2, -0.15) is 0 Å². The number of imide groups is 1. The van der Waals surface area contributed by atoms with Crippen LogP contribution in [0.4, 0.5) is 14.9 Å². The van der Waals surface area contributed by atoms with Crippen LogP contribution in [0.15, 0.2) is 24.3 Å². The van der Waals surface area contributed by atoms with Crippen molar-refractivity contribution in [2.75, 3.05) is 11.4 Å². The number of rotatable bonds is 8. The van der Waals surface area contributed by atoms with E-state index < -0.39 is 23.8 Å². The number of urea groups is 1. The number of nitrogens with one attached hydrogen (secondary N) is 1. The average molecular weight is 363 g/mol. The Hall–Kier alpha value is -2.44. The summed E-state index contributed by atoms with van der Waals surface area (Å²) in [4.78, 5) is 39.4. The van der Waals surface area contributed by atoms with Crippen LogP contribution < -0.4 is 10.2 Å². The highest BCUT2D eigenvalue weighted by molar-refractivity contribution is 6.15. The van der Waals surface area contributed by atoms with Crippen LogP contribution in [0.1, 0.15) is 46.5 Å². The number of carbonyl (C=O) groups is 3. The second-order valence-electron chi connectivity index (χ2n) is 6.69. The van der Waals surface area contributed by atoms with Gasteiger partial charge in [0.25, 0.3) is 5.91 Å². The fourth-order valence-corrected chi connectivity index (χ4v) is 3.04. The van der Waals surface area contributed by atoms with Crippen molar-refractivity contribution in [3.63, 3.8) is 0 Å². The molecule has 4 amide bonds. The summed E-state index contributed by atoms with van der Waals surface area (Å²) >= 11 is 0. The number of amides is 4. The van der Waals surface area contributed by atoms with Crippen LogP contribution in [-0.4, -0.2) is 41.4 Å². The lowest BCUT2D eigenvalue weighted by Crippen LogP contribution is -2.44. The summed E-state index contributed by atoms with van der Waals surface area (Å²) in [6, 6.07) is 4.03. The van der Waals surface area contributed by atoms with Gasteiger partial charge in [0.1, 0.15) is 18.4 Å². The third-order valence-electron chi connectivity index (χ3n) is 4.50. The molecule has 0 aromatic heterocycles. The lowest BCUT2D eigenvalue weighted by Gasteiger charge is -2.20. The Morgan fingerprint density at radius 3 is 2.50 bits per heavy atom. The number of hydrogen-bond acceptors (Lipinski definition) is 3. The van der Waals surface area contributed by atoms with Gasteiger partial charge >= 0.3 is 6.03 Å². The second-order valence-corrected chi connectivity index (χ2v) is 6.69. The largest absolute Gasteiger partial charge is 0.352 e. The fourth-order valence-electron chi connectivity index (χ4n) is 3.04. The van der Waals surface area contributed by atoms with Gasteiger partial charge in [-0.1, -0.05) is 26.2 Å². The van der Waals surface area contributed by atoms with Crippen LogP contribution in [0.2, 0.25) is 0 Å². The third-order valence-corrected chi connectivity index (χ3v) is 4.50. The molecular weight excluding hydrogens is 337 g/mol. The Morgan fingerprint density at radius 2 is 1.88 bits per heavy atom. The van der Waals surface area contributed by atoms with Crippen LogP contribution in [-0.2, 0) is 9.59 Å². The molecule has 142 valence electrons. The van der Waals surface area contributed by atoms with E-state index in [0.29, 0.717) is 5.69 Å². The normalized spacial score (nSPS) is 18.4. The quantitative estimate of drug-likeness (QED) is 0.570. The summed E-state index contributed by atoms with van der Waals surface area (Å²) in [5.74, 6) is -1.22. The van der Waals surface area contributed by atoms with E-state index >= 15 is 0 Å². The van der Waals surface area contributed by atoms with E-state index in [4.69, 9.17) is 0 Å². The molecule has 0 saturated carbocycles. The van der Waals surface area contributed by atoms with E-state index in [1.807, 2.05) is 6.92 Å². The Kier molecular flexibility index (Phi) is 6.71. The lowest BCUT2D eigenvalue weighted by atomic mass is 10.1. The smallest absolute Gasteiger partial charge is 0.332 e. The highest BCUT2D eigenvalue weighted by Crippen LogP contribution is 2.25. The number of nitrogens with zero attached hydrogens (tertiary/aromatic N) is 2. The molecule has 1 N–H and O–H groups in total. The molecule has 0 radical (unpaired) electrons. The van der Waals surface area contributed by atoms with Gasteiger partial charge in [-0.15, -0.1) is 0 Å². The predicted octanol–water partition coefficient (Wildman–Crippen LogP) is 3.07. The first-order valence-electron chi connectivity index (χ1n) is 9.04. The molecule has 2 unspecified atom stereocenters. The maximum atomic E-state index is 13.1. The number of hydrogen-bond donors (Lipinski definition) is 1. The molecule has 2 atom stereocenters. The average Bonchev–Trinajstić information content (AvgIpc) is 2.80. The Balaban J connectivity index is 1.99. The molecular formula is C19H26FN3O3. The number of unbranched alkanes of at least 4 members (excludes halogenated alkanes) is 2. The number of halogens is 1. The van der Waals surface area contributed by atoms with Gasteiger partial charge in [0, 0.05) is 11.7 Å². The first-order valence-corrected chi connectivity index (χ1v) is 9.04. The molecule has 2 rings (SSSR count). The van der Waals surface area contributed by atoms with Crippen LogP contribution >= 0.6 is 0 Å². The van der Waals surface area contributed by atoms with Gasteiger partial charge in [0.15, 0.2) is 0 Å². The molecule has 0 bridgehead atoms. The molecule has 1 aromatic rings. The zero-order valence-corrected chi connectivity index (χ0v) is 15.5. The Labute approximate surface area is 153 Å². The van der Waals surface area contributed by atoms with Crippen molar-refractivity contribution >= 4 is 23.5 Å². The summed E-state index contributed by atoms with van der Waals surface area (Å²) in [5, 5.41) is 2.83. The van der Waals surface area contributed by atoms with Crippen LogP contribution in [0.3, 0.4) is 0 Å². The molecule has 26 heavy (non-hydrogen) atoms. The van der Waals surface area contributed by atoms with E-state index in [1.165, 1.54) is 29.2 Å². The fraction of sp³-hybridized carbons (Fsp3) is 0.526. The molecule has 1 aliphatic heterocycles. The maximum absolute atomic E-state index is 13.1. The molecule has 1 heterocycles. The maximum Gasteiger partial charge on any atom is 0.332 e. The zero-order valence-electron chi connectivity index (χ0n) is 15.5. The minimum absolute atomic E-state index is 0.00696. The predicted molar refractivity (Wildman–Crippen MR) is 97.2 cm³/mol. The first-order chi connectivity index (χ1) is 12.3. The highest BCUT2D eigenvalue weighted by Gasteiger charge is 2.44. The van der Waals surface area contributed by atoms with Gasteiger partial charge in [-0.3, -0.25) is 19.4 Å². The van der Waals surface area contributed by atoms with E-state index in [9.17, 15) is 18.8 Å². The number of carbonyl (C=O) groups excluding carboxylic acids is 3. The minimum Gasteiger partial charge on any atom is -0.352 e. The number of benzene rings is 1. The lowest BCUT2D eigenvalue weighted by molar-refractivity contribution is -0.132. The molecule has 1 saturated heterocycles. The minimum atomic E-state index is -0.734. The topological polar surface area (TPSA) is 69.7 Å². The van der Waals surface area contributed by atoms with Crippen LogP contribution in [0.5, 0.6) is 0 Å². The van der Waals surface area contributed by atoms with Crippen molar-refractivity contribution in [1.29, 1.82) is 0 Å². The van der Waals surface area contributed by atoms with Gasteiger partial charge in [0.2, 0.25) is 5.91 Å². The summed E-state index contributed by atoms with van der Waals surface area (Å²) in [6.07, 6.45) is 4.09. The SMILES string of the molecule is CCCCCC(C)NC(=O)CN1C(=O)C(C)N(c2ccc(F)cc2)C1=O. The highest BCUT2D eigenvalue weighted by atomic mass is 19.1. The van der Waals surface area contributed by atoms with Crippen molar-refractivity contribution in [3.05, 3.63) is 30.1 Å². The van der Waals surface area contributed by atoms with E-state index in [2.05, 4.69) is 12.2 Å². The molecule has 0 aliphatic carbocycles. The van der Waals surface area contributed by atoms with Gasteiger partial charge in [-0.05, 0) is 44.5 Å². The molecule has 0 spiro atoms. The first kappa shape index (κ1) is 19.9. The molecule has 1 aromatic carbocycles. The van der Waals surface area contributed by atoms with Crippen molar-refractivity contribution in [3.8, 4) is 0 Å². The van der Waals surface area contributed by atoms with Crippen molar-refractivity contribution in [2.45, 2.75) is 58.5 Å². The molecule has 1 fully saturated rings. The van der Waals surface area contributed by atoms with Crippen molar-refractivity contribution < 1.29 is 18.8 Å². The standard InChI is InChI=1S/C19H26FN3O3/c1-4-5-6-7-13(2)21-17(24)12-22-18(25)14(3)23(19(22)26)16-10-8-15(20)9-11-16/h8-11,13-14H,4-7,12H2,1-3H3,(H,21,24). The van der Waals surface area contributed by atoms with E-state index in [0.717, 1.165) is 30.6 Å². The van der Waals surface area contributed by atoms with Crippen molar-refractivity contribution in [2.24, 2.45) is 0 Å². The molecule has 7 heteroatoms. The van der Waals surface area contributed by atoms with Gasteiger partial charge in [-0.25, -0.2) is 9.18 Å². The molecule has 6 nitrogen and oxygen atoms in total. The van der Waals surface area contributed by atoms with Gasteiger partial charge in [0.05, 0.1) is 0 Å². The zero-order chi connectivity index (χ0) is 19.3. The number of anilines is 1. The Bertz CT molecular complexity index is 662. The summed E-state index contributed by atoms with van der Waals surface area (Å²) in [5.41, 5.74) is 0.424. The van der Waals surface area contributed by atoms with Crippen LogP contribution in [0, 0.1) is 5.82 Å². The summed E-state index contributed by atoms with van der Waals surface area (Å²) in [7, 11) is 0. The van der Waals surface area contributed by atoms with E-state index in [1.54, 1.807) is 6.92 Å². The Morgan fingerprint density at radius 1 is 1.23 bits per heavy atom. The third kappa shape index (κ3) is 4.59.